The van der Waals surface area contributed by atoms with E-state index < -0.39 is 0 Å². The molecule has 0 fully saturated rings. The number of carbonyl (C=O) groups excluding carboxylic acids is 1. The van der Waals surface area contributed by atoms with Crippen LogP contribution >= 0.6 is 11.3 Å². The molecule has 0 radical (unpaired) electrons. The first-order chi connectivity index (χ1) is 9.79. The van der Waals surface area contributed by atoms with E-state index in [4.69, 9.17) is 4.74 Å². The lowest BCUT2D eigenvalue weighted by atomic mass is 10.2. The standard InChI is InChI=1S/C15H18N2O2S/c1-19-14-5-3-2-4-13(14)17-15(18)10-16-8-6-12-7-9-20-11-12/h2-5,7,9,11,16H,6,8,10H2,1H3,(H,17,18). The van der Waals surface area contributed by atoms with E-state index in [1.165, 1.54) is 5.56 Å². The number of hydrogen-bond acceptors (Lipinski definition) is 4. The molecule has 20 heavy (non-hydrogen) atoms. The highest BCUT2D eigenvalue weighted by molar-refractivity contribution is 7.07. The molecule has 1 aromatic carbocycles. The first-order valence-electron chi connectivity index (χ1n) is 6.44. The summed E-state index contributed by atoms with van der Waals surface area (Å²) in [6, 6.07) is 9.47. The molecule has 1 aromatic heterocycles. The van der Waals surface area contributed by atoms with Gasteiger partial charge in [0.2, 0.25) is 5.91 Å². The molecule has 0 bridgehead atoms. The summed E-state index contributed by atoms with van der Waals surface area (Å²) in [7, 11) is 1.59. The van der Waals surface area contributed by atoms with Gasteiger partial charge in [-0.1, -0.05) is 12.1 Å². The van der Waals surface area contributed by atoms with E-state index in [9.17, 15) is 4.79 Å². The van der Waals surface area contributed by atoms with Crippen LogP contribution in [0.4, 0.5) is 5.69 Å². The normalized spacial score (nSPS) is 10.2. The van der Waals surface area contributed by atoms with Crippen molar-refractivity contribution >= 4 is 22.9 Å². The van der Waals surface area contributed by atoms with E-state index >= 15 is 0 Å². The van der Waals surface area contributed by atoms with Crippen LogP contribution in [0.15, 0.2) is 41.1 Å². The minimum atomic E-state index is -0.0696. The van der Waals surface area contributed by atoms with Crippen molar-refractivity contribution in [2.24, 2.45) is 0 Å². The number of para-hydroxylation sites is 2. The Hall–Kier alpha value is -1.85. The van der Waals surface area contributed by atoms with Gasteiger partial charge in [0.15, 0.2) is 0 Å². The fourth-order valence-electron chi connectivity index (χ4n) is 1.81. The summed E-state index contributed by atoms with van der Waals surface area (Å²) in [6.07, 6.45) is 0.936. The zero-order valence-corrected chi connectivity index (χ0v) is 12.2. The second kappa shape index (κ2) is 7.67. The van der Waals surface area contributed by atoms with Gasteiger partial charge in [-0.05, 0) is 47.5 Å². The van der Waals surface area contributed by atoms with Gasteiger partial charge in [0.05, 0.1) is 19.3 Å². The summed E-state index contributed by atoms with van der Waals surface area (Å²) in [5.41, 5.74) is 1.99. The smallest absolute Gasteiger partial charge is 0.238 e. The number of benzene rings is 1. The van der Waals surface area contributed by atoms with Gasteiger partial charge in [-0.25, -0.2) is 0 Å². The van der Waals surface area contributed by atoms with Crippen molar-refractivity contribution < 1.29 is 9.53 Å². The largest absolute Gasteiger partial charge is 0.495 e. The first kappa shape index (κ1) is 14.6. The Morgan fingerprint density at radius 1 is 1.30 bits per heavy atom. The lowest BCUT2D eigenvalue weighted by molar-refractivity contribution is -0.115. The second-order valence-electron chi connectivity index (χ2n) is 4.31. The van der Waals surface area contributed by atoms with Crippen LogP contribution in [0.1, 0.15) is 5.56 Å². The maximum Gasteiger partial charge on any atom is 0.238 e. The van der Waals surface area contributed by atoms with Crippen LogP contribution in [0.25, 0.3) is 0 Å². The van der Waals surface area contributed by atoms with Crippen molar-refractivity contribution in [1.29, 1.82) is 0 Å². The van der Waals surface area contributed by atoms with Crippen molar-refractivity contribution in [3.8, 4) is 5.75 Å². The summed E-state index contributed by atoms with van der Waals surface area (Å²) >= 11 is 1.69. The predicted molar refractivity (Wildman–Crippen MR) is 82.5 cm³/mol. The summed E-state index contributed by atoms with van der Waals surface area (Å²) in [5, 5.41) is 10.1. The molecule has 0 saturated carbocycles. The number of hydrogen-bond donors (Lipinski definition) is 2. The van der Waals surface area contributed by atoms with Crippen LogP contribution in [0.2, 0.25) is 0 Å². The van der Waals surface area contributed by atoms with Gasteiger partial charge in [-0.2, -0.15) is 11.3 Å². The molecule has 2 N–H and O–H groups in total. The number of ether oxygens (including phenoxy) is 1. The lowest BCUT2D eigenvalue weighted by Crippen LogP contribution is -2.29. The first-order valence-corrected chi connectivity index (χ1v) is 7.38. The molecule has 0 saturated heterocycles. The molecule has 0 aliphatic rings. The number of amides is 1. The zero-order chi connectivity index (χ0) is 14.2. The average molecular weight is 290 g/mol. The Balaban J connectivity index is 1.72. The van der Waals surface area contributed by atoms with Crippen molar-refractivity contribution in [1.82, 2.24) is 5.32 Å². The molecule has 2 aromatic rings. The molecule has 5 heteroatoms. The quantitative estimate of drug-likeness (QED) is 0.770. The zero-order valence-electron chi connectivity index (χ0n) is 11.4. The number of carbonyl (C=O) groups is 1. The molecular weight excluding hydrogens is 272 g/mol. The fraction of sp³-hybridized carbons (Fsp3) is 0.267. The molecule has 106 valence electrons. The number of nitrogens with one attached hydrogen (secondary N) is 2. The van der Waals surface area contributed by atoms with Crippen LogP contribution in [0.3, 0.4) is 0 Å². The van der Waals surface area contributed by atoms with Gasteiger partial charge in [0.25, 0.3) is 0 Å². The summed E-state index contributed by atoms with van der Waals surface area (Å²) in [6.45, 7) is 1.08. The highest BCUT2D eigenvalue weighted by Crippen LogP contribution is 2.22. The fourth-order valence-corrected chi connectivity index (χ4v) is 2.51. The molecular formula is C15H18N2O2S. The minimum absolute atomic E-state index is 0.0696. The third-order valence-electron chi connectivity index (χ3n) is 2.84. The Morgan fingerprint density at radius 3 is 2.90 bits per heavy atom. The van der Waals surface area contributed by atoms with E-state index in [0.29, 0.717) is 18.0 Å². The van der Waals surface area contributed by atoms with Crippen LogP contribution in [0, 0.1) is 0 Å². The predicted octanol–water partition coefficient (Wildman–Crippen LogP) is 2.53. The number of thiophene rings is 1. The van der Waals surface area contributed by atoms with E-state index in [0.717, 1.165) is 13.0 Å². The monoisotopic (exact) mass is 290 g/mol. The van der Waals surface area contributed by atoms with Gasteiger partial charge < -0.3 is 15.4 Å². The van der Waals surface area contributed by atoms with Crippen molar-refractivity contribution in [3.05, 3.63) is 46.7 Å². The Bertz CT molecular complexity index is 541. The second-order valence-corrected chi connectivity index (χ2v) is 5.09. The number of methoxy groups -OCH3 is 1. The topological polar surface area (TPSA) is 50.4 Å². The van der Waals surface area contributed by atoms with Gasteiger partial charge in [0.1, 0.15) is 5.75 Å². The maximum atomic E-state index is 11.8. The Morgan fingerprint density at radius 2 is 2.15 bits per heavy atom. The van der Waals surface area contributed by atoms with E-state index in [1.54, 1.807) is 18.4 Å². The summed E-state index contributed by atoms with van der Waals surface area (Å²) in [5.74, 6) is 0.596. The molecule has 0 spiro atoms. The third kappa shape index (κ3) is 4.36. The molecule has 4 nitrogen and oxygen atoms in total. The van der Waals surface area contributed by atoms with E-state index in [-0.39, 0.29) is 5.91 Å². The van der Waals surface area contributed by atoms with Crippen molar-refractivity contribution in [3.63, 3.8) is 0 Å². The van der Waals surface area contributed by atoms with Crippen molar-refractivity contribution in [2.75, 3.05) is 25.5 Å². The average Bonchev–Trinajstić information content (AvgIpc) is 2.97. The van der Waals surface area contributed by atoms with Crippen LogP contribution in [-0.2, 0) is 11.2 Å². The maximum absolute atomic E-state index is 11.8. The van der Waals surface area contributed by atoms with Gasteiger partial charge in [-0.3, -0.25) is 4.79 Å². The molecule has 0 atom stereocenters. The number of anilines is 1. The Labute approximate surface area is 122 Å². The molecule has 0 unspecified atom stereocenters. The lowest BCUT2D eigenvalue weighted by Gasteiger charge is -2.10. The van der Waals surface area contributed by atoms with Crippen LogP contribution in [-0.4, -0.2) is 26.1 Å². The van der Waals surface area contributed by atoms with E-state index in [1.807, 2.05) is 24.3 Å². The van der Waals surface area contributed by atoms with Crippen LogP contribution in [0.5, 0.6) is 5.75 Å². The highest BCUT2D eigenvalue weighted by atomic mass is 32.1. The van der Waals surface area contributed by atoms with Gasteiger partial charge in [0, 0.05) is 0 Å². The molecule has 1 heterocycles. The molecule has 0 aliphatic heterocycles. The van der Waals surface area contributed by atoms with Gasteiger partial charge >= 0.3 is 0 Å². The summed E-state index contributed by atoms with van der Waals surface area (Å²) < 4.78 is 5.19. The molecule has 0 aliphatic carbocycles. The van der Waals surface area contributed by atoms with Gasteiger partial charge in [-0.15, -0.1) is 0 Å². The highest BCUT2D eigenvalue weighted by Gasteiger charge is 2.06. The van der Waals surface area contributed by atoms with E-state index in [2.05, 4.69) is 27.5 Å². The number of rotatable bonds is 7. The third-order valence-corrected chi connectivity index (χ3v) is 3.57. The molecule has 1 amide bonds. The molecule has 2 rings (SSSR count). The summed E-state index contributed by atoms with van der Waals surface area (Å²) in [4.78, 5) is 11.8. The van der Waals surface area contributed by atoms with Crippen LogP contribution < -0.4 is 15.4 Å². The van der Waals surface area contributed by atoms with Crippen molar-refractivity contribution in [2.45, 2.75) is 6.42 Å². The Kier molecular flexibility index (Phi) is 5.58. The minimum Gasteiger partial charge on any atom is -0.495 e. The SMILES string of the molecule is COc1ccccc1NC(=O)CNCCc1ccsc1.